The molecule has 0 saturated heterocycles. The van der Waals surface area contributed by atoms with E-state index >= 15 is 0 Å². The predicted molar refractivity (Wildman–Crippen MR) is 43.2 cm³/mol. The number of nitrogens with zero attached hydrogens (tertiary/aromatic N) is 2. The number of hydrogen-bond acceptors (Lipinski definition) is 4. The molecule has 0 spiro atoms. The Bertz CT molecular complexity index is 258. The van der Waals surface area contributed by atoms with E-state index in [4.69, 9.17) is 0 Å². The molecule has 2 aromatic rings. The molecule has 2 aromatic heterocycles. The second-order valence-corrected chi connectivity index (χ2v) is 3.46. The molecule has 2 heterocycles. The second-order valence-electron chi connectivity index (χ2n) is 1.67. The van der Waals surface area contributed by atoms with Crippen molar-refractivity contribution in [2.24, 2.45) is 0 Å². The zero-order chi connectivity index (χ0) is 6.81. The zero-order valence-corrected chi connectivity index (χ0v) is 9.38. The number of rotatable bonds is 1. The molecule has 0 unspecified atom stereocenters. The summed E-state index contributed by atoms with van der Waals surface area (Å²) in [6, 6.07) is 0. The summed E-state index contributed by atoms with van der Waals surface area (Å²) >= 11 is 3.23. The Hall–Kier alpha value is -0.0906. The van der Waals surface area contributed by atoms with E-state index in [1.54, 1.807) is 35.1 Å². The van der Waals surface area contributed by atoms with Crippen LogP contribution in [0, 0.1) is 0 Å². The van der Waals surface area contributed by atoms with Crippen LogP contribution in [-0.4, -0.2) is 9.97 Å². The molecule has 56 valence electrons. The molecule has 2 nitrogen and oxygen atoms in total. The van der Waals surface area contributed by atoms with Gasteiger partial charge in [-0.2, -0.15) is 0 Å². The van der Waals surface area contributed by atoms with Crippen molar-refractivity contribution in [1.82, 2.24) is 9.97 Å². The van der Waals surface area contributed by atoms with Gasteiger partial charge in [0, 0.05) is 23.2 Å². The normalized spacial score (nSPS) is 9.09. The van der Waals surface area contributed by atoms with Crippen molar-refractivity contribution >= 4 is 22.7 Å². The summed E-state index contributed by atoms with van der Waals surface area (Å²) < 4.78 is 0. The van der Waals surface area contributed by atoms with Crippen LogP contribution in [0.2, 0.25) is 0 Å². The van der Waals surface area contributed by atoms with Crippen LogP contribution >= 0.6 is 22.7 Å². The van der Waals surface area contributed by atoms with Crippen LogP contribution in [0.15, 0.2) is 23.2 Å². The van der Waals surface area contributed by atoms with Crippen LogP contribution in [0.5, 0.6) is 0 Å². The zero-order valence-electron chi connectivity index (χ0n) is 5.35. The van der Waals surface area contributed by atoms with Crippen LogP contribution in [-0.2, 0) is 20.1 Å². The Labute approximate surface area is 85.7 Å². The van der Waals surface area contributed by atoms with Gasteiger partial charge in [0.15, 0.2) is 10.0 Å². The minimum atomic E-state index is 0. The third-order valence-electron chi connectivity index (χ3n) is 1.05. The summed E-state index contributed by atoms with van der Waals surface area (Å²) in [6.07, 6.45) is 3.59. The number of thiazole rings is 2. The van der Waals surface area contributed by atoms with E-state index in [0.717, 1.165) is 10.0 Å². The fourth-order valence-corrected chi connectivity index (χ4v) is 2.00. The third-order valence-corrected chi connectivity index (χ3v) is 2.74. The Kier molecular flexibility index (Phi) is 3.33. The second kappa shape index (κ2) is 4.07. The Morgan fingerprint density at radius 1 is 0.909 bits per heavy atom. The molecule has 0 saturated carbocycles. The van der Waals surface area contributed by atoms with Gasteiger partial charge in [-0.3, -0.25) is 0 Å². The van der Waals surface area contributed by atoms with Gasteiger partial charge in [-0.15, -0.1) is 22.7 Å². The average molecular weight is 360 g/mol. The van der Waals surface area contributed by atoms with E-state index in [2.05, 4.69) is 9.97 Å². The fraction of sp³-hybridized carbons (Fsp3) is 0. The molecule has 0 aliphatic heterocycles. The van der Waals surface area contributed by atoms with Gasteiger partial charge in [-0.05, 0) is 0 Å². The van der Waals surface area contributed by atoms with E-state index in [-0.39, 0.29) is 20.1 Å². The van der Waals surface area contributed by atoms with Gasteiger partial charge in [0.1, 0.15) is 0 Å². The molecular formula is C6H4IrN2S2+3. The van der Waals surface area contributed by atoms with Gasteiger partial charge < -0.3 is 0 Å². The van der Waals surface area contributed by atoms with Crippen molar-refractivity contribution in [1.29, 1.82) is 0 Å². The first-order valence-electron chi connectivity index (χ1n) is 2.76. The van der Waals surface area contributed by atoms with Gasteiger partial charge in [0.25, 0.3) is 0 Å². The van der Waals surface area contributed by atoms with E-state index in [1.807, 2.05) is 10.8 Å². The topological polar surface area (TPSA) is 25.8 Å². The number of hydrogen-bond donors (Lipinski definition) is 0. The maximum atomic E-state index is 4.13. The summed E-state index contributed by atoms with van der Waals surface area (Å²) in [5, 5.41) is 5.93. The van der Waals surface area contributed by atoms with Crippen LogP contribution in [0.1, 0.15) is 0 Å². The first-order chi connectivity index (χ1) is 4.97. The Balaban J connectivity index is 0.000000605. The Morgan fingerprint density at radius 3 is 1.64 bits per heavy atom. The van der Waals surface area contributed by atoms with Crippen molar-refractivity contribution in [3.63, 3.8) is 0 Å². The first kappa shape index (κ1) is 9.00. The van der Waals surface area contributed by atoms with Crippen molar-refractivity contribution in [2.75, 3.05) is 0 Å². The molecule has 11 heavy (non-hydrogen) atoms. The minimum Gasteiger partial charge on any atom is -0.242 e. The smallest absolute Gasteiger partial charge is 0.242 e. The molecule has 0 N–H and O–H groups in total. The first-order valence-corrected chi connectivity index (χ1v) is 4.52. The van der Waals surface area contributed by atoms with Crippen molar-refractivity contribution in [3.05, 3.63) is 23.2 Å². The maximum absolute atomic E-state index is 4.13. The van der Waals surface area contributed by atoms with Crippen molar-refractivity contribution in [2.45, 2.75) is 0 Å². The molecule has 0 amide bonds. The molecule has 0 aliphatic rings. The molecule has 0 atom stereocenters. The summed E-state index contributed by atoms with van der Waals surface area (Å²) in [7, 11) is 0. The van der Waals surface area contributed by atoms with E-state index < -0.39 is 0 Å². The summed E-state index contributed by atoms with van der Waals surface area (Å²) in [4.78, 5) is 8.25. The van der Waals surface area contributed by atoms with Gasteiger partial charge >= 0.3 is 20.1 Å². The molecule has 0 bridgehead atoms. The molecule has 2 rings (SSSR count). The van der Waals surface area contributed by atoms with Crippen LogP contribution in [0.4, 0.5) is 0 Å². The molecular weight excluding hydrogens is 356 g/mol. The molecule has 0 fully saturated rings. The summed E-state index contributed by atoms with van der Waals surface area (Å²) in [6.45, 7) is 0. The maximum Gasteiger partial charge on any atom is 3.00 e. The molecule has 0 radical (unpaired) electrons. The molecule has 0 aromatic carbocycles. The van der Waals surface area contributed by atoms with E-state index in [0.29, 0.717) is 0 Å². The largest absolute Gasteiger partial charge is 3.00 e. The predicted octanol–water partition coefficient (Wildman–Crippen LogP) is 2.26. The monoisotopic (exact) mass is 361 g/mol. The average Bonchev–Trinajstić information content (AvgIpc) is 2.59. The van der Waals surface area contributed by atoms with Crippen molar-refractivity contribution in [3.8, 4) is 10.0 Å². The quantitative estimate of drug-likeness (QED) is 0.780. The van der Waals surface area contributed by atoms with Gasteiger partial charge in [-0.25, -0.2) is 9.97 Å². The molecule has 0 aliphatic carbocycles. The van der Waals surface area contributed by atoms with Gasteiger partial charge in [0.05, 0.1) is 0 Å². The van der Waals surface area contributed by atoms with Crippen LogP contribution in [0.3, 0.4) is 0 Å². The third kappa shape index (κ3) is 1.93. The number of aromatic nitrogens is 2. The van der Waals surface area contributed by atoms with E-state index in [9.17, 15) is 0 Å². The van der Waals surface area contributed by atoms with E-state index in [1.165, 1.54) is 0 Å². The van der Waals surface area contributed by atoms with Gasteiger partial charge in [0.2, 0.25) is 0 Å². The van der Waals surface area contributed by atoms with Crippen LogP contribution in [0.25, 0.3) is 10.0 Å². The van der Waals surface area contributed by atoms with Crippen molar-refractivity contribution < 1.29 is 20.1 Å². The Morgan fingerprint density at radius 2 is 1.36 bits per heavy atom. The standard InChI is InChI=1S/C6H4N2S2.Ir/c1-3-9-5(7-1)6-8-2-4-10-6;/h1-4H;/q;+3. The minimum absolute atomic E-state index is 0. The van der Waals surface area contributed by atoms with Crippen LogP contribution < -0.4 is 0 Å². The van der Waals surface area contributed by atoms with Gasteiger partial charge in [-0.1, -0.05) is 0 Å². The molecule has 5 heteroatoms. The fourth-order valence-electron chi connectivity index (χ4n) is 0.658. The summed E-state index contributed by atoms with van der Waals surface area (Å²) in [5.74, 6) is 0. The summed E-state index contributed by atoms with van der Waals surface area (Å²) in [5.41, 5.74) is 0. The SMILES string of the molecule is [Ir+3].c1csc(-c2nccs2)n1.